The summed E-state index contributed by atoms with van der Waals surface area (Å²) in [4.78, 5) is 34.0. The fourth-order valence-electron chi connectivity index (χ4n) is 4.39. The molecule has 34 heavy (non-hydrogen) atoms. The Bertz CT molecular complexity index is 1170. The van der Waals surface area contributed by atoms with Crippen LogP contribution in [0.2, 0.25) is 0 Å². The molecule has 0 fully saturated rings. The Morgan fingerprint density at radius 3 is 2.41 bits per heavy atom. The number of aromatic nitrogens is 2. The van der Waals surface area contributed by atoms with Gasteiger partial charge in [0.05, 0.1) is 22.6 Å². The standard InChI is InChI=1S/C29H39N3O2/c1-6-7-8-9-18-27(33)31(20-19-21(2)3)23(5)28-30-25-16-12-11-15-24(25)29(34)32(28)26-17-13-10-14-22(26)4/h10-17,21,23H,6-9,18-20H2,1-5H3. The molecule has 1 amide bonds. The lowest BCUT2D eigenvalue weighted by Gasteiger charge is -2.31. The second-order valence-corrected chi connectivity index (χ2v) is 9.67. The maximum atomic E-state index is 13.7. The van der Waals surface area contributed by atoms with Crippen LogP contribution in [0.25, 0.3) is 16.6 Å². The van der Waals surface area contributed by atoms with Crippen molar-refractivity contribution in [3.8, 4) is 5.69 Å². The minimum absolute atomic E-state index is 0.0963. The lowest BCUT2D eigenvalue weighted by Crippen LogP contribution is -2.38. The highest BCUT2D eigenvalue weighted by Crippen LogP contribution is 2.26. The summed E-state index contributed by atoms with van der Waals surface area (Å²) in [6.07, 6.45) is 5.70. The average Bonchev–Trinajstić information content (AvgIpc) is 2.82. The minimum atomic E-state index is -0.325. The van der Waals surface area contributed by atoms with E-state index in [1.807, 2.05) is 67.3 Å². The number of hydrogen-bond acceptors (Lipinski definition) is 3. The van der Waals surface area contributed by atoms with E-state index in [1.165, 1.54) is 0 Å². The monoisotopic (exact) mass is 461 g/mol. The zero-order chi connectivity index (χ0) is 24.7. The summed E-state index contributed by atoms with van der Waals surface area (Å²) in [5.41, 5.74) is 2.38. The number of unbranched alkanes of at least 4 members (excludes halogenated alkanes) is 3. The van der Waals surface area contributed by atoms with Crippen LogP contribution in [0.1, 0.15) is 83.6 Å². The van der Waals surface area contributed by atoms with Crippen molar-refractivity contribution in [2.24, 2.45) is 5.92 Å². The summed E-state index contributed by atoms with van der Waals surface area (Å²) in [5, 5.41) is 0.585. The number of para-hydroxylation sites is 2. The third kappa shape index (κ3) is 5.94. The van der Waals surface area contributed by atoms with Gasteiger partial charge in [0.15, 0.2) is 0 Å². The number of rotatable bonds is 11. The van der Waals surface area contributed by atoms with Crippen molar-refractivity contribution in [1.82, 2.24) is 14.5 Å². The van der Waals surface area contributed by atoms with Crippen LogP contribution in [0.3, 0.4) is 0 Å². The molecule has 182 valence electrons. The Labute approximate surface area is 203 Å². The van der Waals surface area contributed by atoms with Gasteiger partial charge < -0.3 is 4.90 Å². The van der Waals surface area contributed by atoms with Crippen molar-refractivity contribution in [3.05, 3.63) is 70.3 Å². The fourth-order valence-corrected chi connectivity index (χ4v) is 4.39. The van der Waals surface area contributed by atoms with Crippen LogP contribution in [0.5, 0.6) is 0 Å². The predicted molar refractivity (Wildman–Crippen MR) is 140 cm³/mol. The molecule has 1 aromatic heterocycles. The Morgan fingerprint density at radius 2 is 1.71 bits per heavy atom. The molecule has 5 nitrogen and oxygen atoms in total. The van der Waals surface area contributed by atoms with E-state index in [-0.39, 0.29) is 17.5 Å². The third-order valence-electron chi connectivity index (χ3n) is 6.51. The Morgan fingerprint density at radius 1 is 1.00 bits per heavy atom. The van der Waals surface area contributed by atoms with Gasteiger partial charge in [0.2, 0.25) is 5.91 Å². The first-order chi connectivity index (χ1) is 16.3. The number of carbonyl (C=O) groups is 1. The number of hydrogen-bond donors (Lipinski definition) is 0. The first kappa shape index (κ1) is 25.7. The van der Waals surface area contributed by atoms with Crippen molar-refractivity contribution in [3.63, 3.8) is 0 Å². The van der Waals surface area contributed by atoms with Crippen molar-refractivity contribution in [1.29, 1.82) is 0 Å². The first-order valence-corrected chi connectivity index (χ1v) is 12.7. The van der Waals surface area contributed by atoms with Gasteiger partial charge in [-0.25, -0.2) is 4.98 Å². The third-order valence-corrected chi connectivity index (χ3v) is 6.51. The van der Waals surface area contributed by atoms with Crippen LogP contribution in [0.4, 0.5) is 0 Å². The van der Waals surface area contributed by atoms with E-state index in [0.717, 1.165) is 43.4 Å². The molecule has 0 saturated carbocycles. The molecule has 0 aliphatic carbocycles. The summed E-state index contributed by atoms with van der Waals surface area (Å²) in [7, 11) is 0. The van der Waals surface area contributed by atoms with Gasteiger partial charge in [-0.3, -0.25) is 14.2 Å². The summed E-state index contributed by atoms with van der Waals surface area (Å²) >= 11 is 0. The van der Waals surface area contributed by atoms with E-state index in [4.69, 9.17) is 4.98 Å². The number of fused-ring (bicyclic) bond motifs is 1. The predicted octanol–water partition coefficient (Wildman–Crippen LogP) is 6.60. The largest absolute Gasteiger partial charge is 0.333 e. The van der Waals surface area contributed by atoms with Gasteiger partial charge in [-0.05, 0) is 56.4 Å². The van der Waals surface area contributed by atoms with Crippen LogP contribution in [0, 0.1) is 12.8 Å². The van der Waals surface area contributed by atoms with Crippen LogP contribution < -0.4 is 5.56 Å². The number of nitrogens with zero attached hydrogens (tertiary/aromatic N) is 3. The highest BCUT2D eigenvalue weighted by molar-refractivity contribution is 5.79. The molecule has 1 heterocycles. The summed E-state index contributed by atoms with van der Waals surface area (Å²) in [6, 6.07) is 15.0. The molecule has 1 atom stereocenters. The van der Waals surface area contributed by atoms with Crippen LogP contribution in [-0.2, 0) is 4.79 Å². The lowest BCUT2D eigenvalue weighted by atomic mass is 10.1. The van der Waals surface area contributed by atoms with Gasteiger partial charge in [-0.2, -0.15) is 0 Å². The summed E-state index contributed by atoms with van der Waals surface area (Å²) in [5.74, 6) is 1.23. The number of amides is 1. The molecule has 0 aliphatic heterocycles. The molecule has 5 heteroatoms. The van der Waals surface area contributed by atoms with Crippen LogP contribution >= 0.6 is 0 Å². The number of aryl methyl sites for hydroxylation is 1. The lowest BCUT2D eigenvalue weighted by molar-refractivity contribution is -0.133. The quantitative estimate of drug-likeness (QED) is 0.302. The van der Waals surface area contributed by atoms with E-state index in [9.17, 15) is 9.59 Å². The number of benzene rings is 2. The second kappa shape index (κ2) is 12.0. The van der Waals surface area contributed by atoms with Crippen molar-refractivity contribution < 1.29 is 4.79 Å². The maximum absolute atomic E-state index is 13.7. The van der Waals surface area contributed by atoms with Gasteiger partial charge in [0.25, 0.3) is 5.56 Å². The summed E-state index contributed by atoms with van der Waals surface area (Å²) in [6.45, 7) is 11.2. The summed E-state index contributed by atoms with van der Waals surface area (Å²) < 4.78 is 1.72. The molecule has 0 spiro atoms. The molecular weight excluding hydrogens is 422 g/mol. The average molecular weight is 462 g/mol. The Kier molecular flexibility index (Phi) is 9.03. The topological polar surface area (TPSA) is 55.2 Å². The molecule has 0 N–H and O–H groups in total. The van der Waals surface area contributed by atoms with Gasteiger partial charge in [0.1, 0.15) is 5.82 Å². The molecular formula is C29H39N3O2. The molecule has 1 unspecified atom stereocenters. The highest BCUT2D eigenvalue weighted by atomic mass is 16.2. The molecule has 3 aromatic rings. The molecule has 0 radical (unpaired) electrons. The van der Waals surface area contributed by atoms with Gasteiger partial charge in [0, 0.05) is 13.0 Å². The van der Waals surface area contributed by atoms with Gasteiger partial charge in [-0.15, -0.1) is 0 Å². The van der Waals surface area contributed by atoms with E-state index in [1.54, 1.807) is 4.57 Å². The van der Waals surface area contributed by atoms with Crippen molar-refractivity contribution in [2.45, 2.75) is 79.2 Å². The van der Waals surface area contributed by atoms with Crippen molar-refractivity contribution >= 4 is 16.8 Å². The first-order valence-electron chi connectivity index (χ1n) is 12.7. The highest BCUT2D eigenvalue weighted by Gasteiger charge is 2.27. The molecule has 0 aliphatic rings. The normalized spacial score (nSPS) is 12.3. The van der Waals surface area contributed by atoms with Gasteiger partial charge in [-0.1, -0.05) is 70.4 Å². The van der Waals surface area contributed by atoms with Crippen LogP contribution in [-0.4, -0.2) is 26.9 Å². The van der Waals surface area contributed by atoms with E-state index < -0.39 is 0 Å². The molecule has 0 bridgehead atoms. The maximum Gasteiger partial charge on any atom is 0.266 e. The molecule has 0 saturated heterocycles. The number of carbonyl (C=O) groups excluding carboxylic acids is 1. The Balaban J connectivity index is 2.11. The molecule has 3 rings (SSSR count). The minimum Gasteiger partial charge on any atom is -0.333 e. The zero-order valence-electron chi connectivity index (χ0n) is 21.4. The molecule has 2 aromatic carbocycles. The van der Waals surface area contributed by atoms with E-state index in [0.29, 0.717) is 35.6 Å². The Hall–Kier alpha value is -2.95. The van der Waals surface area contributed by atoms with Crippen molar-refractivity contribution in [2.75, 3.05) is 6.54 Å². The zero-order valence-corrected chi connectivity index (χ0v) is 21.4. The second-order valence-electron chi connectivity index (χ2n) is 9.67. The van der Waals surface area contributed by atoms with Gasteiger partial charge >= 0.3 is 0 Å². The van der Waals surface area contributed by atoms with Crippen LogP contribution in [0.15, 0.2) is 53.3 Å². The van der Waals surface area contributed by atoms with E-state index in [2.05, 4.69) is 20.8 Å². The van der Waals surface area contributed by atoms with E-state index >= 15 is 0 Å². The fraction of sp³-hybridized carbons (Fsp3) is 0.483. The smallest absolute Gasteiger partial charge is 0.266 e. The SMILES string of the molecule is CCCCCCC(=O)N(CCC(C)C)C(C)c1nc2ccccc2c(=O)n1-c1ccccc1C.